The van der Waals surface area contributed by atoms with E-state index in [0.717, 1.165) is 6.07 Å². The second-order valence-corrected chi connectivity index (χ2v) is 5.75. The Morgan fingerprint density at radius 3 is 2.82 bits per heavy atom. The Morgan fingerprint density at radius 2 is 2.18 bits per heavy atom. The zero-order valence-electron chi connectivity index (χ0n) is 12.7. The Bertz CT molecular complexity index is 530. The monoisotopic (exact) mass is 315 g/mol. The lowest BCUT2D eigenvalue weighted by Gasteiger charge is -2.21. The summed E-state index contributed by atoms with van der Waals surface area (Å²) in [6.45, 7) is 3.19. The molecule has 3 nitrogen and oxygen atoms in total. The van der Waals surface area contributed by atoms with Crippen molar-refractivity contribution in [3.63, 3.8) is 0 Å². The first-order chi connectivity index (χ1) is 10.3. The van der Waals surface area contributed by atoms with Gasteiger partial charge in [0.15, 0.2) is 0 Å². The normalized spacial score (nSPS) is 20.2. The van der Waals surface area contributed by atoms with Crippen molar-refractivity contribution in [2.45, 2.75) is 25.4 Å². The van der Waals surface area contributed by atoms with E-state index < -0.39 is 11.7 Å². The third-order valence-electron chi connectivity index (χ3n) is 4.02. The summed E-state index contributed by atoms with van der Waals surface area (Å²) in [6, 6.07) is 5.39. The minimum Gasteiger partial charge on any atom is -0.384 e. The summed E-state index contributed by atoms with van der Waals surface area (Å²) < 4.78 is 43.3. The second kappa shape index (κ2) is 6.69. The van der Waals surface area contributed by atoms with Crippen molar-refractivity contribution in [3.8, 4) is 0 Å². The number of ether oxygens (including phenoxy) is 1. The molecule has 0 radical (unpaired) electrons. The minimum absolute atomic E-state index is 0.00340. The van der Waals surface area contributed by atoms with Gasteiger partial charge >= 0.3 is 6.18 Å². The highest BCUT2D eigenvalue weighted by atomic mass is 19.4. The highest BCUT2D eigenvalue weighted by Gasteiger charge is 2.33. The first kappa shape index (κ1) is 16.8. The number of hydrogen-bond acceptors (Lipinski definition) is 2. The van der Waals surface area contributed by atoms with E-state index in [2.05, 4.69) is 0 Å². The number of likely N-dealkylation sites (tertiary alicyclic amines) is 1. The summed E-state index contributed by atoms with van der Waals surface area (Å²) in [7, 11) is 1.54. The van der Waals surface area contributed by atoms with Crippen LogP contribution in [0.1, 0.15) is 30.4 Å². The molecule has 122 valence electrons. The molecule has 1 aliphatic rings. The predicted octanol–water partition coefficient (Wildman–Crippen LogP) is 3.30. The van der Waals surface area contributed by atoms with Crippen LogP contribution < -0.4 is 0 Å². The lowest BCUT2D eigenvalue weighted by atomic mass is 9.96. The van der Waals surface area contributed by atoms with Crippen LogP contribution in [0, 0.1) is 5.92 Å². The number of amides is 1. The standard InChI is InChI=1S/C16H20F3NO2/c1-11(10-22-2)15(21)20-7-6-13(9-20)12-4-3-5-14(8-12)16(17,18)19/h3-5,8,11,13H,6-7,9-10H2,1-2H3. The molecule has 1 heterocycles. The maximum atomic E-state index is 12.8. The number of alkyl halides is 3. The molecular formula is C16H20F3NO2. The highest BCUT2D eigenvalue weighted by molar-refractivity contribution is 5.79. The number of benzene rings is 1. The molecule has 0 aromatic heterocycles. The zero-order chi connectivity index (χ0) is 16.3. The molecule has 2 atom stereocenters. The van der Waals surface area contributed by atoms with Gasteiger partial charge in [-0.25, -0.2) is 0 Å². The average Bonchev–Trinajstić information content (AvgIpc) is 2.95. The van der Waals surface area contributed by atoms with Crippen LogP contribution in [0.15, 0.2) is 24.3 Å². The lowest BCUT2D eigenvalue weighted by molar-refractivity contribution is -0.138. The fourth-order valence-electron chi connectivity index (χ4n) is 2.83. The molecule has 22 heavy (non-hydrogen) atoms. The van der Waals surface area contributed by atoms with Crippen molar-refractivity contribution in [1.82, 2.24) is 4.90 Å². The molecule has 2 rings (SSSR count). The molecule has 2 unspecified atom stereocenters. The number of nitrogens with zero attached hydrogens (tertiary/aromatic N) is 1. The molecule has 6 heteroatoms. The second-order valence-electron chi connectivity index (χ2n) is 5.75. The number of halogens is 3. The van der Waals surface area contributed by atoms with E-state index in [1.54, 1.807) is 25.0 Å². The maximum absolute atomic E-state index is 12.8. The van der Waals surface area contributed by atoms with Crippen LogP contribution in [-0.4, -0.2) is 37.6 Å². The quantitative estimate of drug-likeness (QED) is 0.853. The molecule has 1 saturated heterocycles. The van der Waals surface area contributed by atoms with Gasteiger partial charge < -0.3 is 9.64 Å². The first-order valence-corrected chi connectivity index (χ1v) is 7.27. The van der Waals surface area contributed by atoms with Gasteiger partial charge in [-0.05, 0) is 18.1 Å². The number of carbonyl (C=O) groups is 1. The molecule has 1 aliphatic heterocycles. The van der Waals surface area contributed by atoms with E-state index in [0.29, 0.717) is 31.7 Å². The average molecular weight is 315 g/mol. The molecular weight excluding hydrogens is 295 g/mol. The van der Waals surface area contributed by atoms with Gasteiger partial charge in [0.1, 0.15) is 0 Å². The topological polar surface area (TPSA) is 29.5 Å². The van der Waals surface area contributed by atoms with E-state index >= 15 is 0 Å². The SMILES string of the molecule is COCC(C)C(=O)N1CCC(c2cccc(C(F)(F)F)c2)C1. The van der Waals surface area contributed by atoms with Crippen LogP contribution in [0.4, 0.5) is 13.2 Å². The Labute approximate surface area is 128 Å². The van der Waals surface area contributed by atoms with Gasteiger partial charge in [-0.3, -0.25) is 4.79 Å². The van der Waals surface area contributed by atoms with Gasteiger partial charge in [-0.2, -0.15) is 13.2 Å². The predicted molar refractivity (Wildman–Crippen MR) is 76.4 cm³/mol. The maximum Gasteiger partial charge on any atom is 0.416 e. The largest absolute Gasteiger partial charge is 0.416 e. The van der Waals surface area contributed by atoms with Gasteiger partial charge in [-0.15, -0.1) is 0 Å². The number of methoxy groups -OCH3 is 1. The Kier molecular flexibility index (Phi) is 5.11. The molecule has 0 bridgehead atoms. The van der Waals surface area contributed by atoms with Gasteiger partial charge in [-0.1, -0.05) is 25.1 Å². The van der Waals surface area contributed by atoms with Crippen molar-refractivity contribution >= 4 is 5.91 Å². The molecule has 0 N–H and O–H groups in total. The minimum atomic E-state index is -4.34. The van der Waals surface area contributed by atoms with Crippen LogP contribution in [0.25, 0.3) is 0 Å². The number of carbonyl (C=O) groups excluding carboxylic acids is 1. The molecule has 1 amide bonds. The Balaban J connectivity index is 2.06. The van der Waals surface area contributed by atoms with Crippen molar-refractivity contribution in [3.05, 3.63) is 35.4 Å². The van der Waals surface area contributed by atoms with Gasteiger partial charge in [0.05, 0.1) is 18.1 Å². The number of hydrogen-bond donors (Lipinski definition) is 0. The lowest BCUT2D eigenvalue weighted by Crippen LogP contribution is -2.34. The smallest absolute Gasteiger partial charge is 0.384 e. The molecule has 1 aromatic rings. The summed E-state index contributed by atoms with van der Waals surface area (Å²) in [4.78, 5) is 13.9. The highest BCUT2D eigenvalue weighted by Crippen LogP contribution is 2.34. The van der Waals surface area contributed by atoms with Crippen molar-refractivity contribution in [2.75, 3.05) is 26.8 Å². The summed E-state index contributed by atoms with van der Waals surface area (Å²) in [6.07, 6.45) is -3.65. The van der Waals surface area contributed by atoms with Gasteiger partial charge in [0.25, 0.3) is 0 Å². The van der Waals surface area contributed by atoms with Crippen molar-refractivity contribution in [2.24, 2.45) is 5.92 Å². The molecule has 1 aromatic carbocycles. The molecule has 0 saturated carbocycles. The molecule has 1 fully saturated rings. The zero-order valence-corrected chi connectivity index (χ0v) is 12.7. The van der Waals surface area contributed by atoms with Crippen molar-refractivity contribution < 1.29 is 22.7 Å². The molecule has 0 aliphatic carbocycles. The van der Waals surface area contributed by atoms with Gasteiger partial charge in [0, 0.05) is 26.1 Å². The van der Waals surface area contributed by atoms with Crippen LogP contribution >= 0.6 is 0 Å². The van der Waals surface area contributed by atoms with Crippen LogP contribution in [0.2, 0.25) is 0 Å². The summed E-state index contributed by atoms with van der Waals surface area (Å²) >= 11 is 0. The van der Waals surface area contributed by atoms with Crippen LogP contribution in [-0.2, 0) is 15.7 Å². The molecule has 0 spiro atoms. The van der Waals surface area contributed by atoms with Crippen LogP contribution in [0.3, 0.4) is 0 Å². The summed E-state index contributed by atoms with van der Waals surface area (Å²) in [5, 5.41) is 0. The van der Waals surface area contributed by atoms with E-state index in [1.165, 1.54) is 12.1 Å². The fourth-order valence-corrected chi connectivity index (χ4v) is 2.83. The van der Waals surface area contributed by atoms with E-state index in [9.17, 15) is 18.0 Å². The Hall–Kier alpha value is -1.56. The van der Waals surface area contributed by atoms with E-state index in [1.807, 2.05) is 0 Å². The van der Waals surface area contributed by atoms with Crippen LogP contribution in [0.5, 0.6) is 0 Å². The Morgan fingerprint density at radius 1 is 1.45 bits per heavy atom. The first-order valence-electron chi connectivity index (χ1n) is 7.27. The third-order valence-corrected chi connectivity index (χ3v) is 4.02. The van der Waals surface area contributed by atoms with E-state index in [-0.39, 0.29) is 17.7 Å². The number of rotatable bonds is 4. The van der Waals surface area contributed by atoms with Gasteiger partial charge in [0.2, 0.25) is 5.91 Å². The summed E-state index contributed by atoms with van der Waals surface area (Å²) in [5.74, 6) is -0.275. The van der Waals surface area contributed by atoms with E-state index in [4.69, 9.17) is 4.74 Å². The third kappa shape index (κ3) is 3.80. The fraction of sp³-hybridized carbons (Fsp3) is 0.562. The summed E-state index contributed by atoms with van der Waals surface area (Å²) in [5.41, 5.74) is 0.00653. The van der Waals surface area contributed by atoms with Crippen molar-refractivity contribution in [1.29, 1.82) is 0 Å².